The van der Waals surface area contributed by atoms with E-state index in [4.69, 9.17) is 26.5 Å². The van der Waals surface area contributed by atoms with Crippen LogP contribution in [0, 0.1) is 0 Å². The first-order valence-electron chi connectivity index (χ1n) is 9.80. The summed E-state index contributed by atoms with van der Waals surface area (Å²) in [6.07, 6.45) is 4.68. The Morgan fingerprint density at radius 2 is 2.12 bits per heavy atom. The van der Waals surface area contributed by atoms with Gasteiger partial charge in [0.15, 0.2) is 0 Å². The Hall–Kier alpha value is -2.99. The first-order chi connectivity index (χ1) is 15.6. The Morgan fingerprint density at radius 3 is 2.91 bits per heavy atom. The first-order valence-corrected chi connectivity index (χ1v) is 11.0. The number of pyridine rings is 1. The monoisotopic (exact) mass is 472 g/mol. The van der Waals surface area contributed by atoms with Crippen molar-refractivity contribution < 1.29 is 19.1 Å². The summed E-state index contributed by atoms with van der Waals surface area (Å²) in [6, 6.07) is 8.75. The fourth-order valence-corrected chi connectivity index (χ4v) is 4.34. The lowest BCUT2D eigenvalue weighted by Crippen LogP contribution is -2.27. The van der Waals surface area contributed by atoms with Crippen LogP contribution in [-0.2, 0) is 16.1 Å². The second kappa shape index (κ2) is 10.1. The molecule has 1 amide bonds. The molecule has 0 spiro atoms. The number of carbonyl (C=O) groups excluding carboxylic acids is 1. The van der Waals surface area contributed by atoms with Gasteiger partial charge in [-0.05, 0) is 30.3 Å². The van der Waals surface area contributed by atoms with E-state index in [2.05, 4.69) is 10.3 Å². The molecule has 0 aliphatic carbocycles. The fraction of sp³-hybridized carbons (Fsp3) is 0.238. The lowest BCUT2D eigenvalue weighted by Gasteiger charge is -2.12. The molecule has 0 saturated carbocycles. The van der Waals surface area contributed by atoms with Gasteiger partial charge in [-0.1, -0.05) is 30.0 Å². The second-order valence-corrected chi connectivity index (χ2v) is 8.39. The zero-order valence-corrected chi connectivity index (χ0v) is 18.5. The second-order valence-electron chi connectivity index (χ2n) is 6.72. The van der Waals surface area contributed by atoms with Crippen molar-refractivity contribution in [2.24, 2.45) is 0 Å². The predicted molar refractivity (Wildman–Crippen MR) is 125 cm³/mol. The average Bonchev–Trinajstić information content (AvgIpc) is 3.40. The third kappa shape index (κ3) is 4.75. The number of fused-ring (bicyclic) bond motifs is 1. The number of hydrogen-bond acceptors (Lipinski definition) is 9. The highest BCUT2D eigenvalue weighted by atomic mass is 32.2. The maximum absolute atomic E-state index is 13.2. The lowest BCUT2D eigenvalue weighted by atomic mass is 10.2. The van der Waals surface area contributed by atoms with E-state index in [0.717, 1.165) is 11.8 Å². The molecule has 0 unspecified atom stereocenters. The van der Waals surface area contributed by atoms with E-state index in [-0.39, 0.29) is 36.8 Å². The third-order valence-corrected chi connectivity index (χ3v) is 5.96. The predicted octanol–water partition coefficient (Wildman–Crippen LogP) is 2.11. The van der Waals surface area contributed by atoms with Crippen LogP contribution in [0.25, 0.3) is 11.7 Å². The number of thiocarbonyl (C=S) groups is 1. The van der Waals surface area contributed by atoms with E-state index in [1.165, 1.54) is 21.6 Å². The molecule has 0 bridgehead atoms. The molecule has 1 aliphatic rings. The number of rotatable bonds is 9. The number of anilines is 1. The number of aromatic nitrogens is 2. The largest absolute Gasteiger partial charge is 0.467 e. The Kier molecular flexibility index (Phi) is 7.00. The standard InChI is InChI=1S/C21H20N4O5S2/c26-8-11-29-10-6-22-18-15(19(27)24-7-2-1-5-17(24)23-18)12-16-20(28)25(21(31)32-16)13-14-4-3-9-30-14/h1-5,7,9,12,22,26H,6,8,10-11,13H2/b16-12-. The minimum atomic E-state index is -0.314. The van der Waals surface area contributed by atoms with Gasteiger partial charge in [-0.3, -0.25) is 18.9 Å². The van der Waals surface area contributed by atoms with Gasteiger partial charge in [0.1, 0.15) is 21.5 Å². The Balaban J connectivity index is 1.66. The van der Waals surface area contributed by atoms with Crippen LogP contribution in [0.3, 0.4) is 0 Å². The van der Waals surface area contributed by atoms with Gasteiger partial charge in [-0.2, -0.15) is 0 Å². The summed E-state index contributed by atoms with van der Waals surface area (Å²) in [5.74, 6) is 0.650. The number of hydrogen-bond donors (Lipinski definition) is 2. The highest BCUT2D eigenvalue weighted by molar-refractivity contribution is 8.26. The van der Waals surface area contributed by atoms with Gasteiger partial charge in [0.05, 0.1) is 43.1 Å². The summed E-state index contributed by atoms with van der Waals surface area (Å²) in [7, 11) is 0. The number of furan rings is 1. The van der Waals surface area contributed by atoms with Gasteiger partial charge in [0.25, 0.3) is 11.5 Å². The number of carbonyl (C=O) groups is 1. The van der Waals surface area contributed by atoms with E-state index in [0.29, 0.717) is 39.6 Å². The number of aliphatic hydroxyl groups excluding tert-OH is 1. The summed E-state index contributed by atoms with van der Waals surface area (Å²) < 4.78 is 12.4. The van der Waals surface area contributed by atoms with Crippen molar-refractivity contribution in [2.75, 3.05) is 31.7 Å². The number of nitrogens with one attached hydrogen (secondary N) is 1. The number of thioether (sulfide) groups is 1. The molecule has 1 aliphatic heterocycles. The number of aliphatic hydroxyl groups is 1. The average molecular weight is 473 g/mol. The van der Waals surface area contributed by atoms with Crippen LogP contribution in [-0.4, -0.2) is 56.0 Å². The molecule has 3 aromatic heterocycles. The molecule has 0 radical (unpaired) electrons. The lowest BCUT2D eigenvalue weighted by molar-refractivity contribution is -0.122. The van der Waals surface area contributed by atoms with E-state index < -0.39 is 0 Å². The molecule has 11 heteroatoms. The summed E-state index contributed by atoms with van der Waals surface area (Å²) >= 11 is 6.50. The Labute approximate surface area is 192 Å². The number of amides is 1. The quantitative estimate of drug-likeness (QED) is 0.275. The smallest absolute Gasteiger partial charge is 0.267 e. The third-order valence-electron chi connectivity index (χ3n) is 4.59. The highest BCUT2D eigenvalue weighted by Gasteiger charge is 2.33. The van der Waals surface area contributed by atoms with Crippen molar-refractivity contribution in [3.05, 3.63) is 69.4 Å². The molecule has 3 aromatic rings. The topological polar surface area (TPSA) is 109 Å². The maximum Gasteiger partial charge on any atom is 0.267 e. The molecule has 166 valence electrons. The van der Waals surface area contributed by atoms with E-state index in [1.54, 1.807) is 36.5 Å². The molecular weight excluding hydrogens is 452 g/mol. The molecule has 32 heavy (non-hydrogen) atoms. The SMILES string of the molecule is O=C1/C(=C/c2c(NCCOCCO)nc3ccccn3c2=O)SC(=S)N1Cc1ccco1. The minimum absolute atomic E-state index is 0.0688. The van der Waals surface area contributed by atoms with E-state index >= 15 is 0 Å². The maximum atomic E-state index is 13.2. The number of nitrogens with zero attached hydrogens (tertiary/aromatic N) is 3. The summed E-state index contributed by atoms with van der Waals surface area (Å²) in [6.45, 7) is 1.06. The van der Waals surface area contributed by atoms with Crippen molar-refractivity contribution in [1.29, 1.82) is 0 Å². The summed E-state index contributed by atoms with van der Waals surface area (Å²) in [4.78, 5) is 32.5. The minimum Gasteiger partial charge on any atom is -0.467 e. The molecule has 0 atom stereocenters. The normalized spacial score (nSPS) is 15.3. The zero-order chi connectivity index (χ0) is 22.5. The molecule has 9 nitrogen and oxygen atoms in total. The van der Waals surface area contributed by atoms with Gasteiger partial charge >= 0.3 is 0 Å². The molecule has 0 aromatic carbocycles. The van der Waals surface area contributed by atoms with E-state index in [9.17, 15) is 9.59 Å². The first kappa shape index (κ1) is 22.2. The van der Waals surface area contributed by atoms with E-state index in [1.807, 2.05) is 0 Å². The molecule has 4 rings (SSSR count). The molecule has 1 saturated heterocycles. The van der Waals surface area contributed by atoms with Gasteiger partial charge < -0.3 is 19.6 Å². The van der Waals surface area contributed by atoms with Crippen molar-refractivity contribution >= 4 is 51.7 Å². The Morgan fingerprint density at radius 1 is 1.25 bits per heavy atom. The molecule has 4 heterocycles. The fourth-order valence-electron chi connectivity index (χ4n) is 3.10. The van der Waals surface area contributed by atoms with Crippen molar-refractivity contribution in [3.8, 4) is 0 Å². The van der Waals surface area contributed by atoms with Gasteiger partial charge in [0, 0.05) is 12.7 Å². The van der Waals surface area contributed by atoms with Crippen LogP contribution >= 0.6 is 24.0 Å². The van der Waals surface area contributed by atoms with Crippen LogP contribution in [0.1, 0.15) is 11.3 Å². The van der Waals surface area contributed by atoms with Crippen molar-refractivity contribution in [3.63, 3.8) is 0 Å². The Bertz CT molecular complexity index is 1220. The van der Waals surface area contributed by atoms with Crippen molar-refractivity contribution in [1.82, 2.24) is 14.3 Å². The summed E-state index contributed by atoms with van der Waals surface area (Å²) in [5.41, 5.74) is 0.402. The molecule has 1 fully saturated rings. The zero-order valence-electron chi connectivity index (χ0n) is 16.9. The van der Waals surface area contributed by atoms with Gasteiger partial charge in [-0.15, -0.1) is 0 Å². The van der Waals surface area contributed by atoms with Crippen LogP contribution in [0.15, 0.2) is 56.9 Å². The van der Waals surface area contributed by atoms with Crippen LogP contribution in [0.4, 0.5) is 5.82 Å². The van der Waals surface area contributed by atoms with Crippen LogP contribution < -0.4 is 10.9 Å². The number of ether oxygens (including phenoxy) is 1. The van der Waals surface area contributed by atoms with Crippen molar-refractivity contribution in [2.45, 2.75) is 6.54 Å². The summed E-state index contributed by atoms with van der Waals surface area (Å²) in [5, 5.41) is 11.9. The highest BCUT2D eigenvalue weighted by Crippen LogP contribution is 2.34. The van der Waals surface area contributed by atoms with Gasteiger partial charge in [-0.25, -0.2) is 4.98 Å². The van der Waals surface area contributed by atoms with Crippen LogP contribution in [0.2, 0.25) is 0 Å². The molecule has 2 N–H and O–H groups in total. The molecular formula is C21H20N4O5S2. The van der Waals surface area contributed by atoms with Crippen LogP contribution in [0.5, 0.6) is 0 Å². The van der Waals surface area contributed by atoms with Gasteiger partial charge in [0.2, 0.25) is 0 Å².